The summed E-state index contributed by atoms with van der Waals surface area (Å²) in [7, 11) is -3.39. The van der Waals surface area contributed by atoms with Gasteiger partial charge in [0.1, 0.15) is 5.82 Å². The standard InChI is InChI=1S/C21H32N4O2S/c1-14-9-10-16(11-17(14)28(26,27)13-20(3,4)5)23-18-15(2)12-22-19(24-18)25-21(6,7)8/h9-12H,13H2,1-8H3,(H2,22,23,24,25). The van der Waals surface area contributed by atoms with Crippen molar-refractivity contribution in [3.05, 3.63) is 35.5 Å². The molecule has 0 unspecified atom stereocenters. The molecule has 1 heterocycles. The fourth-order valence-corrected chi connectivity index (χ4v) is 4.92. The summed E-state index contributed by atoms with van der Waals surface area (Å²) < 4.78 is 25.8. The fourth-order valence-electron chi connectivity index (χ4n) is 2.76. The van der Waals surface area contributed by atoms with Gasteiger partial charge < -0.3 is 10.6 Å². The van der Waals surface area contributed by atoms with Crippen molar-refractivity contribution >= 4 is 27.3 Å². The summed E-state index contributed by atoms with van der Waals surface area (Å²) in [4.78, 5) is 9.22. The van der Waals surface area contributed by atoms with Crippen molar-refractivity contribution in [1.82, 2.24) is 9.97 Å². The maximum atomic E-state index is 12.9. The van der Waals surface area contributed by atoms with Crippen LogP contribution in [0, 0.1) is 19.3 Å². The molecule has 154 valence electrons. The number of nitrogens with zero attached hydrogens (tertiary/aromatic N) is 2. The molecule has 0 bridgehead atoms. The van der Waals surface area contributed by atoms with E-state index in [2.05, 4.69) is 20.6 Å². The average Bonchev–Trinajstić information content (AvgIpc) is 2.48. The van der Waals surface area contributed by atoms with E-state index in [0.717, 1.165) is 11.1 Å². The van der Waals surface area contributed by atoms with Gasteiger partial charge in [0.25, 0.3) is 0 Å². The monoisotopic (exact) mass is 404 g/mol. The number of hydrogen-bond acceptors (Lipinski definition) is 6. The summed E-state index contributed by atoms with van der Waals surface area (Å²) in [5.74, 6) is 1.26. The molecule has 1 aromatic heterocycles. The topological polar surface area (TPSA) is 84.0 Å². The van der Waals surface area contributed by atoms with E-state index >= 15 is 0 Å². The minimum Gasteiger partial charge on any atom is -0.350 e. The van der Waals surface area contributed by atoms with Gasteiger partial charge in [0, 0.05) is 23.0 Å². The lowest BCUT2D eigenvalue weighted by molar-refractivity contribution is 0.461. The van der Waals surface area contributed by atoms with E-state index in [-0.39, 0.29) is 16.7 Å². The Balaban J connectivity index is 2.37. The summed E-state index contributed by atoms with van der Waals surface area (Å²) >= 11 is 0. The van der Waals surface area contributed by atoms with Gasteiger partial charge in [0.2, 0.25) is 5.95 Å². The molecular formula is C21H32N4O2S. The molecular weight excluding hydrogens is 372 g/mol. The second kappa shape index (κ2) is 7.70. The number of hydrogen-bond donors (Lipinski definition) is 2. The van der Waals surface area contributed by atoms with Crippen LogP contribution in [0.5, 0.6) is 0 Å². The third kappa shape index (κ3) is 6.19. The predicted molar refractivity (Wildman–Crippen MR) is 116 cm³/mol. The molecule has 2 N–H and O–H groups in total. The summed E-state index contributed by atoms with van der Waals surface area (Å²) in [6.07, 6.45) is 1.74. The molecule has 0 radical (unpaired) electrons. The van der Waals surface area contributed by atoms with E-state index < -0.39 is 9.84 Å². The molecule has 0 aliphatic rings. The lowest BCUT2D eigenvalue weighted by Gasteiger charge is -2.21. The van der Waals surface area contributed by atoms with E-state index in [0.29, 0.717) is 22.3 Å². The molecule has 0 aliphatic heterocycles. The van der Waals surface area contributed by atoms with Crippen molar-refractivity contribution in [2.45, 2.75) is 65.8 Å². The average molecular weight is 405 g/mol. The molecule has 0 saturated carbocycles. The van der Waals surface area contributed by atoms with Gasteiger partial charge in [-0.2, -0.15) is 4.98 Å². The Labute approximate surface area is 169 Å². The zero-order valence-corrected chi connectivity index (χ0v) is 19.0. The molecule has 0 atom stereocenters. The minimum atomic E-state index is -3.39. The quantitative estimate of drug-likeness (QED) is 0.740. The molecule has 2 rings (SSSR count). The molecule has 6 nitrogen and oxygen atoms in total. The van der Waals surface area contributed by atoms with Gasteiger partial charge in [-0.15, -0.1) is 0 Å². The summed E-state index contributed by atoms with van der Waals surface area (Å²) in [5.41, 5.74) is 1.82. The normalized spacial score (nSPS) is 12.7. The van der Waals surface area contributed by atoms with E-state index in [1.54, 1.807) is 12.3 Å². The molecule has 0 spiro atoms. The SMILES string of the molecule is Cc1ccc(Nc2nc(NC(C)(C)C)ncc2C)cc1S(=O)(=O)CC(C)(C)C. The van der Waals surface area contributed by atoms with Crippen LogP contribution < -0.4 is 10.6 Å². The third-order valence-corrected chi connectivity index (χ3v) is 6.22. The highest BCUT2D eigenvalue weighted by atomic mass is 32.2. The molecule has 0 aliphatic carbocycles. The van der Waals surface area contributed by atoms with Gasteiger partial charge in [-0.25, -0.2) is 13.4 Å². The smallest absolute Gasteiger partial charge is 0.225 e. The Morgan fingerprint density at radius 1 is 1.00 bits per heavy atom. The van der Waals surface area contributed by atoms with E-state index in [9.17, 15) is 8.42 Å². The van der Waals surface area contributed by atoms with Gasteiger partial charge in [-0.05, 0) is 57.7 Å². The minimum absolute atomic E-state index is 0.0937. The number of anilines is 3. The number of rotatable bonds is 5. The molecule has 28 heavy (non-hydrogen) atoms. The number of benzene rings is 1. The molecule has 1 aromatic carbocycles. The molecule has 0 saturated heterocycles. The lowest BCUT2D eigenvalue weighted by Crippen LogP contribution is -2.27. The van der Waals surface area contributed by atoms with Gasteiger partial charge in [-0.3, -0.25) is 0 Å². The van der Waals surface area contributed by atoms with Crippen LogP contribution in [0.1, 0.15) is 52.7 Å². The first-order valence-electron chi connectivity index (χ1n) is 9.39. The summed E-state index contributed by atoms with van der Waals surface area (Å²) in [6, 6.07) is 5.38. The van der Waals surface area contributed by atoms with Crippen LogP contribution in [0.4, 0.5) is 17.5 Å². The Kier molecular flexibility index (Phi) is 6.09. The van der Waals surface area contributed by atoms with Crippen LogP contribution in [0.3, 0.4) is 0 Å². The number of sulfone groups is 1. The Morgan fingerprint density at radius 2 is 1.64 bits per heavy atom. The zero-order valence-electron chi connectivity index (χ0n) is 18.1. The Morgan fingerprint density at radius 3 is 2.21 bits per heavy atom. The largest absolute Gasteiger partial charge is 0.350 e. The maximum Gasteiger partial charge on any atom is 0.225 e. The molecule has 0 amide bonds. The van der Waals surface area contributed by atoms with Crippen LogP contribution in [-0.2, 0) is 9.84 Å². The fraction of sp³-hybridized carbons (Fsp3) is 0.524. The van der Waals surface area contributed by atoms with E-state index in [1.165, 1.54) is 0 Å². The first-order chi connectivity index (χ1) is 12.7. The summed E-state index contributed by atoms with van der Waals surface area (Å²) in [5, 5.41) is 6.49. The van der Waals surface area contributed by atoms with Gasteiger partial charge in [-0.1, -0.05) is 26.8 Å². The van der Waals surface area contributed by atoms with Crippen LogP contribution in [0.2, 0.25) is 0 Å². The van der Waals surface area contributed by atoms with Gasteiger partial charge in [0.15, 0.2) is 9.84 Å². The predicted octanol–water partition coefficient (Wildman–Crippen LogP) is 4.87. The first kappa shape index (κ1) is 22.1. The van der Waals surface area contributed by atoms with Crippen LogP contribution in [0.15, 0.2) is 29.3 Å². The first-order valence-corrected chi connectivity index (χ1v) is 11.0. The third-order valence-electron chi connectivity index (χ3n) is 3.87. The van der Waals surface area contributed by atoms with Gasteiger partial charge >= 0.3 is 0 Å². The summed E-state index contributed by atoms with van der Waals surface area (Å²) in [6.45, 7) is 15.6. The number of aromatic nitrogens is 2. The second-order valence-electron chi connectivity index (χ2n) is 9.53. The zero-order chi connectivity index (χ0) is 21.3. The van der Waals surface area contributed by atoms with E-state index in [1.807, 2.05) is 67.5 Å². The maximum absolute atomic E-state index is 12.9. The second-order valence-corrected chi connectivity index (χ2v) is 11.5. The number of nitrogens with one attached hydrogen (secondary N) is 2. The number of aryl methyl sites for hydroxylation is 2. The molecule has 7 heteroatoms. The lowest BCUT2D eigenvalue weighted by atomic mass is 10.0. The van der Waals surface area contributed by atoms with Crippen molar-refractivity contribution in [1.29, 1.82) is 0 Å². The highest BCUT2D eigenvalue weighted by molar-refractivity contribution is 7.91. The molecule has 2 aromatic rings. The van der Waals surface area contributed by atoms with Crippen LogP contribution >= 0.6 is 0 Å². The highest BCUT2D eigenvalue weighted by Crippen LogP contribution is 2.28. The van der Waals surface area contributed by atoms with Crippen molar-refractivity contribution < 1.29 is 8.42 Å². The van der Waals surface area contributed by atoms with Crippen molar-refractivity contribution in [3.63, 3.8) is 0 Å². The van der Waals surface area contributed by atoms with Gasteiger partial charge in [0.05, 0.1) is 10.6 Å². The Bertz CT molecular complexity index is 955. The van der Waals surface area contributed by atoms with Crippen LogP contribution in [-0.4, -0.2) is 29.7 Å². The van der Waals surface area contributed by atoms with Crippen molar-refractivity contribution in [2.75, 3.05) is 16.4 Å². The van der Waals surface area contributed by atoms with Crippen LogP contribution in [0.25, 0.3) is 0 Å². The highest BCUT2D eigenvalue weighted by Gasteiger charge is 2.25. The van der Waals surface area contributed by atoms with E-state index in [4.69, 9.17) is 0 Å². The van der Waals surface area contributed by atoms with Crippen molar-refractivity contribution in [3.8, 4) is 0 Å². The van der Waals surface area contributed by atoms with Crippen molar-refractivity contribution in [2.24, 2.45) is 5.41 Å². The Hall–Kier alpha value is -2.15. The molecule has 0 fully saturated rings.